The molecule has 0 radical (unpaired) electrons. The molecule has 0 spiro atoms. The number of hydrogen-bond donors (Lipinski definition) is 1. The minimum absolute atomic E-state index is 0.0858. The van der Waals surface area contributed by atoms with Crippen LogP contribution >= 0.6 is 15.9 Å². The van der Waals surface area contributed by atoms with E-state index in [4.69, 9.17) is 4.74 Å². The Bertz CT molecular complexity index is 1180. The van der Waals surface area contributed by atoms with Crippen molar-refractivity contribution in [3.8, 4) is 0 Å². The molecule has 5 rings (SSSR count). The zero-order valence-electron chi connectivity index (χ0n) is 19.8. The van der Waals surface area contributed by atoms with Gasteiger partial charge in [-0.2, -0.15) is 5.10 Å². The Labute approximate surface area is 219 Å². The Morgan fingerprint density at radius 2 is 1.47 bits per heavy atom. The Balaban J connectivity index is 1.46. The highest BCUT2D eigenvalue weighted by atomic mass is 79.9. The van der Waals surface area contributed by atoms with E-state index in [0.717, 1.165) is 21.2 Å². The van der Waals surface area contributed by atoms with E-state index in [-0.39, 0.29) is 29.6 Å². The van der Waals surface area contributed by atoms with Crippen LogP contribution in [0.4, 0.5) is 0 Å². The molecule has 3 aromatic rings. The topological polar surface area (TPSA) is 71.0 Å². The minimum atomic E-state index is -0.426. The number of morpholine rings is 1. The molecule has 6 nitrogen and oxygen atoms in total. The molecule has 2 amide bonds. The van der Waals surface area contributed by atoms with Crippen LogP contribution in [0.3, 0.4) is 0 Å². The van der Waals surface area contributed by atoms with Crippen molar-refractivity contribution in [3.05, 3.63) is 106 Å². The SMILES string of the molecule is O=C(N/N=C\c1cccc(Br)c1)C1[C@@H](c2ccccc2)C(C(=O)N2CCOCC2)[C@@H]1c1ccccc1. The summed E-state index contributed by atoms with van der Waals surface area (Å²) in [5, 5.41) is 4.24. The first-order valence-corrected chi connectivity index (χ1v) is 13.0. The standard InChI is InChI=1S/C29H28BrN3O3/c30-23-13-7-8-20(18-23)19-31-32-28(34)26-24(21-9-3-1-4-10-21)27(25(26)22-11-5-2-6-12-22)29(35)33-14-16-36-17-15-33/h1-13,18-19,24-27H,14-17H2,(H,32,34)/b31-19-/t24-,25-,26?,27?/m1/s1. The number of hydrogen-bond acceptors (Lipinski definition) is 4. The van der Waals surface area contributed by atoms with Crippen molar-refractivity contribution >= 4 is 34.0 Å². The van der Waals surface area contributed by atoms with E-state index in [1.165, 1.54) is 0 Å². The fourth-order valence-corrected chi connectivity index (χ4v) is 5.80. The quantitative estimate of drug-likeness (QED) is 0.364. The van der Waals surface area contributed by atoms with E-state index >= 15 is 0 Å². The summed E-state index contributed by atoms with van der Waals surface area (Å²) in [6.45, 7) is 2.23. The van der Waals surface area contributed by atoms with Gasteiger partial charge in [-0.1, -0.05) is 88.7 Å². The molecule has 2 aliphatic rings. The third-order valence-corrected chi connectivity index (χ3v) is 7.56. The van der Waals surface area contributed by atoms with E-state index in [1.807, 2.05) is 89.8 Å². The summed E-state index contributed by atoms with van der Waals surface area (Å²) in [6, 6.07) is 27.5. The fraction of sp³-hybridized carbons (Fsp3) is 0.276. The molecule has 3 aromatic carbocycles. The predicted octanol–water partition coefficient (Wildman–Crippen LogP) is 4.57. The van der Waals surface area contributed by atoms with E-state index < -0.39 is 5.92 Å². The maximum absolute atomic E-state index is 13.9. The van der Waals surface area contributed by atoms with Crippen molar-refractivity contribution in [2.45, 2.75) is 11.8 Å². The molecule has 1 N–H and O–H groups in total. The minimum Gasteiger partial charge on any atom is -0.378 e. The van der Waals surface area contributed by atoms with Gasteiger partial charge in [-0.25, -0.2) is 5.43 Å². The molecular formula is C29H28BrN3O3. The number of carbonyl (C=O) groups is 2. The second kappa shape index (κ2) is 11.2. The summed E-state index contributed by atoms with van der Waals surface area (Å²) >= 11 is 3.45. The number of carbonyl (C=O) groups excluding carboxylic acids is 2. The number of halogens is 1. The van der Waals surface area contributed by atoms with Crippen molar-refractivity contribution in [2.24, 2.45) is 16.9 Å². The third-order valence-electron chi connectivity index (χ3n) is 7.06. The van der Waals surface area contributed by atoms with Gasteiger partial charge in [0.05, 0.1) is 31.3 Å². The second-order valence-corrected chi connectivity index (χ2v) is 10.1. The van der Waals surface area contributed by atoms with Gasteiger partial charge >= 0.3 is 0 Å². The molecule has 1 aliphatic heterocycles. The molecule has 2 atom stereocenters. The number of nitrogens with one attached hydrogen (secondary N) is 1. The number of hydrazone groups is 1. The summed E-state index contributed by atoms with van der Waals surface area (Å²) in [4.78, 5) is 29.4. The molecule has 184 valence electrons. The highest BCUT2D eigenvalue weighted by molar-refractivity contribution is 9.10. The molecule has 1 saturated carbocycles. The molecule has 2 fully saturated rings. The van der Waals surface area contributed by atoms with Gasteiger partial charge in [0.25, 0.3) is 0 Å². The van der Waals surface area contributed by atoms with Crippen LogP contribution in [0.15, 0.2) is 94.5 Å². The molecule has 0 unspecified atom stereocenters. The molecule has 0 bridgehead atoms. The lowest BCUT2D eigenvalue weighted by Gasteiger charge is -2.52. The van der Waals surface area contributed by atoms with Gasteiger partial charge in [-0.3, -0.25) is 9.59 Å². The second-order valence-electron chi connectivity index (χ2n) is 9.15. The van der Waals surface area contributed by atoms with Crippen LogP contribution in [0.1, 0.15) is 28.5 Å². The van der Waals surface area contributed by atoms with Crippen molar-refractivity contribution in [2.75, 3.05) is 26.3 Å². The van der Waals surface area contributed by atoms with Crippen LogP contribution in [0.25, 0.3) is 0 Å². The van der Waals surface area contributed by atoms with Crippen LogP contribution in [-0.2, 0) is 14.3 Å². The lowest BCUT2D eigenvalue weighted by Crippen LogP contribution is -2.57. The lowest BCUT2D eigenvalue weighted by atomic mass is 9.51. The number of benzene rings is 3. The van der Waals surface area contributed by atoms with Gasteiger partial charge in [0.2, 0.25) is 11.8 Å². The molecule has 0 aromatic heterocycles. The first kappa shape index (κ1) is 24.4. The molecule has 1 aliphatic carbocycles. The molecule has 1 heterocycles. The van der Waals surface area contributed by atoms with Crippen molar-refractivity contribution in [1.29, 1.82) is 0 Å². The summed E-state index contributed by atoms with van der Waals surface area (Å²) in [6.07, 6.45) is 1.63. The largest absolute Gasteiger partial charge is 0.378 e. The molecule has 7 heteroatoms. The summed E-state index contributed by atoms with van der Waals surface area (Å²) in [5.74, 6) is -1.35. The lowest BCUT2D eigenvalue weighted by molar-refractivity contribution is -0.151. The van der Waals surface area contributed by atoms with Gasteiger partial charge in [-0.05, 0) is 28.8 Å². The summed E-state index contributed by atoms with van der Waals surface area (Å²) in [7, 11) is 0. The van der Waals surface area contributed by atoms with Crippen LogP contribution in [-0.4, -0.2) is 49.2 Å². The van der Waals surface area contributed by atoms with Crippen LogP contribution < -0.4 is 5.43 Å². The molecule has 36 heavy (non-hydrogen) atoms. The Hall–Kier alpha value is -3.29. The average Bonchev–Trinajstić information content (AvgIpc) is 2.90. The highest BCUT2D eigenvalue weighted by Crippen LogP contribution is 2.58. The van der Waals surface area contributed by atoms with Crippen LogP contribution in [0.5, 0.6) is 0 Å². The predicted molar refractivity (Wildman–Crippen MR) is 143 cm³/mol. The van der Waals surface area contributed by atoms with Crippen LogP contribution in [0.2, 0.25) is 0 Å². The maximum atomic E-state index is 13.9. The smallest absolute Gasteiger partial charge is 0.244 e. The van der Waals surface area contributed by atoms with Gasteiger partial charge in [0.15, 0.2) is 0 Å². The average molecular weight is 546 g/mol. The van der Waals surface area contributed by atoms with Crippen LogP contribution in [0, 0.1) is 11.8 Å². The number of amides is 2. The Kier molecular flexibility index (Phi) is 7.58. The van der Waals surface area contributed by atoms with E-state index in [9.17, 15) is 9.59 Å². The fourth-order valence-electron chi connectivity index (χ4n) is 5.39. The summed E-state index contributed by atoms with van der Waals surface area (Å²) in [5.41, 5.74) is 5.62. The highest BCUT2D eigenvalue weighted by Gasteiger charge is 2.58. The first-order valence-electron chi connectivity index (χ1n) is 12.2. The number of rotatable bonds is 6. The Morgan fingerprint density at radius 3 is 2.06 bits per heavy atom. The summed E-state index contributed by atoms with van der Waals surface area (Å²) < 4.78 is 6.41. The normalized spacial score (nSPS) is 23.8. The van der Waals surface area contributed by atoms with E-state index in [1.54, 1.807) is 6.21 Å². The van der Waals surface area contributed by atoms with Crippen molar-refractivity contribution in [1.82, 2.24) is 10.3 Å². The zero-order chi connectivity index (χ0) is 24.9. The monoisotopic (exact) mass is 545 g/mol. The number of ether oxygens (including phenoxy) is 1. The first-order chi connectivity index (χ1) is 17.6. The van der Waals surface area contributed by atoms with Crippen molar-refractivity contribution in [3.63, 3.8) is 0 Å². The Morgan fingerprint density at radius 1 is 0.861 bits per heavy atom. The van der Waals surface area contributed by atoms with Gasteiger partial charge in [0.1, 0.15) is 0 Å². The molecule has 1 saturated heterocycles. The van der Waals surface area contributed by atoms with Gasteiger partial charge in [-0.15, -0.1) is 0 Å². The zero-order valence-corrected chi connectivity index (χ0v) is 21.4. The van der Waals surface area contributed by atoms with Gasteiger partial charge in [0, 0.05) is 29.4 Å². The third kappa shape index (κ3) is 5.13. The maximum Gasteiger partial charge on any atom is 0.244 e. The van der Waals surface area contributed by atoms with Gasteiger partial charge < -0.3 is 9.64 Å². The van der Waals surface area contributed by atoms with E-state index in [0.29, 0.717) is 26.3 Å². The van der Waals surface area contributed by atoms with E-state index in [2.05, 4.69) is 26.5 Å². The number of nitrogens with zero attached hydrogens (tertiary/aromatic N) is 2. The molecular weight excluding hydrogens is 518 g/mol. The van der Waals surface area contributed by atoms with Crippen molar-refractivity contribution < 1.29 is 14.3 Å².